The van der Waals surface area contributed by atoms with Gasteiger partial charge in [-0.1, -0.05) is 6.08 Å². The van der Waals surface area contributed by atoms with Crippen LogP contribution in [0, 0.1) is 0 Å². The Bertz CT molecular complexity index is 432. The summed E-state index contributed by atoms with van der Waals surface area (Å²) in [4.78, 5) is 3.87. The number of guanidine groups is 1. The van der Waals surface area contributed by atoms with Crippen LogP contribution < -0.4 is 15.8 Å². The fourth-order valence-corrected chi connectivity index (χ4v) is 1.09. The summed E-state index contributed by atoms with van der Waals surface area (Å²) in [6.45, 7) is 3.83. The molecule has 1 aromatic rings. The van der Waals surface area contributed by atoms with Gasteiger partial charge in [-0.15, -0.1) is 43.7 Å². The number of halogens is 4. The van der Waals surface area contributed by atoms with Crippen LogP contribution in [0.15, 0.2) is 41.9 Å². The molecule has 0 radical (unpaired) electrons. The zero-order valence-electron chi connectivity index (χ0n) is 9.78. The molecule has 0 unspecified atom stereocenters. The molecule has 0 saturated heterocycles. The van der Waals surface area contributed by atoms with Gasteiger partial charge in [0.05, 0.1) is 6.54 Å². The predicted molar refractivity (Wildman–Crippen MR) is 78.8 cm³/mol. The Kier molecular flexibility index (Phi) is 7.27. The summed E-state index contributed by atoms with van der Waals surface area (Å²) in [6.07, 6.45) is -3.13. The summed E-state index contributed by atoms with van der Waals surface area (Å²) in [6, 6.07) is 5.15. The van der Waals surface area contributed by atoms with Crippen molar-refractivity contribution >= 4 is 35.6 Å². The highest BCUT2D eigenvalue weighted by Gasteiger charge is 2.30. The first-order valence-corrected chi connectivity index (χ1v) is 4.94. The first-order chi connectivity index (χ1) is 8.40. The summed E-state index contributed by atoms with van der Waals surface area (Å²) < 4.78 is 39.4. The van der Waals surface area contributed by atoms with Crippen LogP contribution in [0.1, 0.15) is 0 Å². The van der Waals surface area contributed by atoms with Gasteiger partial charge in [-0.25, -0.2) is 4.99 Å². The van der Waals surface area contributed by atoms with E-state index in [1.165, 1.54) is 24.3 Å². The maximum Gasteiger partial charge on any atom is 0.573 e. The van der Waals surface area contributed by atoms with Gasteiger partial charge in [-0.05, 0) is 24.3 Å². The van der Waals surface area contributed by atoms with Crippen LogP contribution in [-0.4, -0.2) is 18.9 Å². The normalized spacial score (nSPS) is 11.4. The fourth-order valence-electron chi connectivity index (χ4n) is 1.09. The highest BCUT2D eigenvalue weighted by Crippen LogP contribution is 2.23. The number of aliphatic imine (C=N–C) groups is 1. The van der Waals surface area contributed by atoms with E-state index in [9.17, 15) is 13.2 Å². The van der Waals surface area contributed by atoms with Crippen LogP contribution in [-0.2, 0) is 0 Å². The van der Waals surface area contributed by atoms with Crippen molar-refractivity contribution in [3.8, 4) is 5.75 Å². The smallest absolute Gasteiger partial charge is 0.406 e. The molecule has 0 bridgehead atoms. The molecule has 3 N–H and O–H groups in total. The summed E-state index contributed by atoms with van der Waals surface area (Å²) in [5.74, 6) is -0.144. The molecule has 4 nitrogen and oxygen atoms in total. The Hall–Kier alpha value is -1.45. The number of rotatable bonds is 4. The summed E-state index contributed by atoms with van der Waals surface area (Å²) in [7, 11) is 0. The molecule has 8 heteroatoms. The predicted octanol–water partition coefficient (Wildman–Crippen LogP) is 3.12. The lowest BCUT2D eigenvalue weighted by Gasteiger charge is -2.10. The molecule has 0 heterocycles. The number of anilines is 1. The van der Waals surface area contributed by atoms with Crippen LogP contribution in [0.3, 0.4) is 0 Å². The van der Waals surface area contributed by atoms with Crippen LogP contribution in [0.5, 0.6) is 5.75 Å². The van der Waals surface area contributed by atoms with E-state index in [4.69, 9.17) is 5.73 Å². The lowest BCUT2D eigenvalue weighted by atomic mass is 10.3. The van der Waals surface area contributed by atoms with Crippen molar-refractivity contribution in [3.05, 3.63) is 36.9 Å². The highest BCUT2D eigenvalue weighted by atomic mass is 127. The largest absolute Gasteiger partial charge is 0.573 e. The van der Waals surface area contributed by atoms with Gasteiger partial charge in [-0.3, -0.25) is 0 Å². The molecule has 1 rings (SSSR count). The first-order valence-electron chi connectivity index (χ1n) is 4.94. The molecule has 0 aliphatic heterocycles. The van der Waals surface area contributed by atoms with Crippen LogP contribution in [0.2, 0.25) is 0 Å². The minimum atomic E-state index is -4.70. The van der Waals surface area contributed by atoms with Crippen LogP contribution >= 0.6 is 24.0 Å². The molecular weight excluding hydrogens is 374 g/mol. The van der Waals surface area contributed by atoms with E-state index in [2.05, 4.69) is 21.6 Å². The lowest BCUT2D eigenvalue weighted by molar-refractivity contribution is -0.274. The second-order valence-corrected chi connectivity index (χ2v) is 3.21. The molecular formula is C11H13F3IN3O. The minimum Gasteiger partial charge on any atom is -0.406 e. The number of nitrogens with one attached hydrogen (secondary N) is 1. The SMILES string of the molecule is C=CCN=C(N)Nc1ccc(OC(F)(F)F)cc1.I. The molecule has 0 aromatic heterocycles. The summed E-state index contributed by atoms with van der Waals surface area (Å²) >= 11 is 0. The number of hydrogen-bond donors (Lipinski definition) is 2. The second-order valence-electron chi connectivity index (χ2n) is 3.21. The van der Waals surface area contributed by atoms with Gasteiger partial charge in [0.1, 0.15) is 5.75 Å². The average molecular weight is 387 g/mol. The molecule has 0 saturated carbocycles. The minimum absolute atomic E-state index is 0. The summed E-state index contributed by atoms with van der Waals surface area (Å²) in [5.41, 5.74) is 6.02. The number of ether oxygens (including phenoxy) is 1. The van der Waals surface area contributed by atoms with Crippen molar-refractivity contribution in [2.45, 2.75) is 6.36 Å². The van der Waals surface area contributed by atoms with E-state index in [0.717, 1.165) is 0 Å². The van der Waals surface area contributed by atoms with E-state index in [1.807, 2.05) is 0 Å². The zero-order valence-corrected chi connectivity index (χ0v) is 12.1. The third kappa shape index (κ3) is 7.54. The molecule has 1 aromatic carbocycles. The molecule has 19 heavy (non-hydrogen) atoms. The standard InChI is InChI=1S/C11H12F3N3O.HI/c1-2-7-16-10(15)17-8-3-5-9(6-4-8)18-11(12,13)14;/h2-6H,1,7H2,(H3,15,16,17);1H. The van der Waals surface area contributed by atoms with E-state index >= 15 is 0 Å². The Morgan fingerprint density at radius 2 is 1.95 bits per heavy atom. The van der Waals surface area contributed by atoms with E-state index < -0.39 is 6.36 Å². The van der Waals surface area contributed by atoms with Gasteiger partial charge in [0.2, 0.25) is 0 Å². The fraction of sp³-hybridized carbons (Fsp3) is 0.182. The van der Waals surface area contributed by atoms with Gasteiger partial charge in [0.15, 0.2) is 5.96 Å². The second kappa shape index (κ2) is 7.87. The Balaban J connectivity index is 0.00000324. The monoisotopic (exact) mass is 387 g/mol. The van der Waals surface area contributed by atoms with Crippen LogP contribution in [0.4, 0.5) is 18.9 Å². The van der Waals surface area contributed by atoms with Gasteiger partial charge >= 0.3 is 6.36 Å². The maximum absolute atomic E-state index is 11.9. The van der Waals surface area contributed by atoms with Crippen molar-refractivity contribution in [1.29, 1.82) is 0 Å². The maximum atomic E-state index is 11.9. The molecule has 0 amide bonds. The van der Waals surface area contributed by atoms with Crippen molar-refractivity contribution in [1.82, 2.24) is 0 Å². The Morgan fingerprint density at radius 3 is 2.42 bits per heavy atom. The molecule has 0 fully saturated rings. The van der Waals surface area contributed by atoms with E-state index in [-0.39, 0.29) is 35.7 Å². The molecule has 0 spiro atoms. The van der Waals surface area contributed by atoms with E-state index in [1.54, 1.807) is 6.08 Å². The number of hydrogen-bond acceptors (Lipinski definition) is 2. The first kappa shape index (κ1) is 17.6. The topological polar surface area (TPSA) is 59.6 Å². The Labute approximate surface area is 125 Å². The van der Waals surface area contributed by atoms with Crippen molar-refractivity contribution in [2.75, 3.05) is 11.9 Å². The zero-order chi connectivity index (χ0) is 13.6. The van der Waals surface area contributed by atoms with Crippen molar-refractivity contribution in [2.24, 2.45) is 10.7 Å². The van der Waals surface area contributed by atoms with Gasteiger partial charge < -0.3 is 15.8 Å². The number of nitrogens with two attached hydrogens (primary N) is 1. The molecule has 0 atom stereocenters. The van der Waals surface area contributed by atoms with E-state index in [0.29, 0.717) is 12.2 Å². The van der Waals surface area contributed by atoms with Crippen molar-refractivity contribution in [3.63, 3.8) is 0 Å². The van der Waals surface area contributed by atoms with Gasteiger partial charge in [0, 0.05) is 5.69 Å². The quantitative estimate of drug-likeness (QED) is 0.361. The molecule has 0 aliphatic carbocycles. The molecule has 106 valence electrons. The highest BCUT2D eigenvalue weighted by molar-refractivity contribution is 14.0. The number of alkyl halides is 3. The third-order valence-corrected chi connectivity index (χ3v) is 1.75. The average Bonchev–Trinajstić information content (AvgIpc) is 2.27. The van der Waals surface area contributed by atoms with Crippen molar-refractivity contribution < 1.29 is 17.9 Å². The molecule has 0 aliphatic rings. The lowest BCUT2D eigenvalue weighted by Crippen LogP contribution is -2.22. The number of benzene rings is 1. The summed E-state index contributed by atoms with van der Waals surface area (Å²) in [5, 5.41) is 2.71. The number of nitrogens with zero attached hydrogens (tertiary/aromatic N) is 1. The Morgan fingerprint density at radius 1 is 1.37 bits per heavy atom. The van der Waals surface area contributed by atoms with Crippen LogP contribution in [0.25, 0.3) is 0 Å². The third-order valence-electron chi connectivity index (χ3n) is 1.75. The van der Waals surface area contributed by atoms with Gasteiger partial charge in [-0.2, -0.15) is 0 Å². The van der Waals surface area contributed by atoms with Gasteiger partial charge in [0.25, 0.3) is 0 Å².